The van der Waals surface area contributed by atoms with Gasteiger partial charge in [0.2, 0.25) is 17.8 Å². The van der Waals surface area contributed by atoms with Crippen LogP contribution in [-0.2, 0) is 36.5 Å². The van der Waals surface area contributed by atoms with E-state index in [0.717, 1.165) is 27.7 Å². The van der Waals surface area contributed by atoms with Crippen LogP contribution in [-0.4, -0.2) is 102 Å². The Morgan fingerprint density at radius 3 is 1.34 bits per heavy atom. The molecule has 0 aliphatic carbocycles. The van der Waals surface area contributed by atoms with Crippen molar-refractivity contribution in [3.8, 4) is 56.4 Å². The number of nitrogens with two attached hydrogens (primary N) is 1. The Bertz CT molecular complexity index is 3990. The van der Waals surface area contributed by atoms with Crippen LogP contribution in [0.4, 0.5) is 40.9 Å². The van der Waals surface area contributed by atoms with Crippen LogP contribution in [0.2, 0.25) is 15.1 Å². The van der Waals surface area contributed by atoms with Gasteiger partial charge in [-0.1, -0.05) is 115 Å². The number of nitrogens with zero attached hydrogens (tertiary/aromatic N) is 4. The Balaban J connectivity index is 0.000000279. The number of halogens is 11. The summed E-state index contributed by atoms with van der Waals surface area (Å²) in [5.41, 5.74) is 12.0. The molecule has 1 saturated heterocycles. The molecule has 6 aromatic carbocycles. The number of likely N-dealkylation sites (N-methyl/N-ethyl adjacent to an activating group) is 1. The fraction of sp³-hybridized carbons (Fsp3) is 0.243. The second-order valence-electron chi connectivity index (χ2n) is 21.5. The average molecular weight is 1640 g/mol. The number of carbonyl (C=O) groups is 2. The average Bonchev–Trinajstić information content (AvgIpc) is 1.66. The van der Waals surface area contributed by atoms with Crippen LogP contribution in [0.15, 0.2) is 182 Å². The van der Waals surface area contributed by atoms with Crippen LogP contribution >= 0.6 is 34.8 Å². The van der Waals surface area contributed by atoms with Gasteiger partial charge in [-0.15, -0.1) is 0 Å². The molecule has 2 radical (unpaired) electrons. The van der Waals surface area contributed by atoms with Gasteiger partial charge < -0.3 is 43.6 Å². The molecule has 3 aromatic heterocycles. The fourth-order valence-corrected chi connectivity index (χ4v) is 9.54. The summed E-state index contributed by atoms with van der Waals surface area (Å²) >= 11 is 18.0. The predicted octanol–water partition coefficient (Wildman–Crippen LogP) is 16.3. The second-order valence-corrected chi connectivity index (χ2v) is 22.9. The van der Waals surface area contributed by atoms with Crippen molar-refractivity contribution in [2.75, 3.05) is 32.2 Å². The minimum Gasteiger partial charge on any atom is -0.482 e. The maximum atomic E-state index is 12.9. The fourth-order valence-electron chi connectivity index (χ4n) is 8.97. The summed E-state index contributed by atoms with van der Waals surface area (Å²) in [5, 5.41) is 1.45. The van der Waals surface area contributed by atoms with Crippen LogP contribution in [0.3, 0.4) is 0 Å². The molecule has 1 amide bonds. The smallest absolute Gasteiger partial charge is 0.482 e. The van der Waals surface area contributed by atoms with E-state index in [1.54, 1.807) is 133 Å². The van der Waals surface area contributed by atoms with Gasteiger partial charge in [0.05, 0.1) is 24.9 Å². The van der Waals surface area contributed by atoms with E-state index in [2.05, 4.69) is 42.3 Å². The van der Waals surface area contributed by atoms with E-state index >= 15 is 0 Å². The van der Waals surface area contributed by atoms with E-state index in [1.807, 2.05) is 47.6 Å². The molecular formula is C70H68B2Cl3F8N5O9U. The number of esters is 1. The third-order valence-electron chi connectivity index (χ3n) is 14.2. The van der Waals surface area contributed by atoms with Gasteiger partial charge >= 0.3 is 32.9 Å². The van der Waals surface area contributed by atoms with Crippen LogP contribution < -0.4 is 35.0 Å². The quantitative estimate of drug-likeness (QED) is 0.0332. The first kappa shape index (κ1) is 80.8. The third kappa shape index (κ3) is 25.8. The largest absolute Gasteiger partial charge is 0.496 e. The SMILES string of the molecule is CC.CC1(C)OB(c2ccc(F)nc2)OC1(C)C.CN(CC(N)=O)c1ccc(Cc2ccc(OC(F)F)c(-c3cccc(Cl)c3)c2)cn1.COC(=O)COc1ccc(OC(F)F)c(-c2cccc(Cl)c2)c1.Fc1ccc(Cc2ccc(OC(F)F)c(-c3cccc(Cl)c3)c2)cn1.[2H][B].[U]. The Hall–Kier alpha value is -7.88. The molecule has 514 valence electrons. The topological polar surface area (TPSA) is 167 Å². The number of primary amides is 1. The Labute approximate surface area is 605 Å². The number of amides is 1. The van der Waals surface area contributed by atoms with E-state index in [1.165, 1.54) is 62.0 Å². The Morgan fingerprint density at radius 2 is 0.969 bits per heavy atom. The van der Waals surface area contributed by atoms with Gasteiger partial charge in [0.15, 0.2) is 6.61 Å². The molecule has 0 atom stereocenters. The molecule has 4 heterocycles. The van der Waals surface area contributed by atoms with Crippen molar-refractivity contribution in [1.82, 2.24) is 15.0 Å². The third-order valence-corrected chi connectivity index (χ3v) is 14.9. The van der Waals surface area contributed by atoms with Gasteiger partial charge in [-0.3, -0.25) is 4.79 Å². The van der Waals surface area contributed by atoms with E-state index in [-0.39, 0.29) is 72.7 Å². The summed E-state index contributed by atoms with van der Waals surface area (Å²) < 4.78 is 142. The number of rotatable bonds is 20. The van der Waals surface area contributed by atoms with Gasteiger partial charge in [0, 0.05) is 102 Å². The maximum Gasteiger partial charge on any atom is 0.496 e. The zero-order valence-corrected chi connectivity index (χ0v) is 60.7. The molecular weight excluding hydrogens is 1570 g/mol. The van der Waals surface area contributed by atoms with Crippen LogP contribution in [0, 0.1) is 43.0 Å². The van der Waals surface area contributed by atoms with Crippen LogP contribution in [0.1, 0.15) is 63.8 Å². The summed E-state index contributed by atoms with van der Waals surface area (Å²) in [6.45, 7) is 2.87. The van der Waals surface area contributed by atoms with Gasteiger partial charge in [-0.05, 0) is 178 Å². The zero-order valence-electron chi connectivity index (χ0n) is 55.2. The summed E-state index contributed by atoms with van der Waals surface area (Å²) in [4.78, 5) is 35.4. The normalized spacial score (nSPS) is 12.3. The molecule has 2 N–H and O–H groups in total. The molecule has 0 spiro atoms. The molecule has 28 heteroatoms. The summed E-state index contributed by atoms with van der Waals surface area (Å²) in [5.74, 6) is -0.983. The molecule has 0 unspecified atom stereocenters. The summed E-state index contributed by atoms with van der Waals surface area (Å²) in [7, 11) is 6.24. The number of carbonyl (C=O) groups excluding carboxylic acids is 2. The minimum atomic E-state index is -2.96. The zero-order chi connectivity index (χ0) is 72.3. The Morgan fingerprint density at radius 1 is 0.571 bits per heavy atom. The monoisotopic (exact) mass is 1640 g/mol. The predicted molar refractivity (Wildman–Crippen MR) is 363 cm³/mol. The van der Waals surface area contributed by atoms with Crippen molar-refractivity contribution in [3.05, 3.63) is 232 Å². The molecule has 98 heavy (non-hydrogen) atoms. The number of hydrogen-bond acceptors (Lipinski definition) is 13. The molecule has 0 bridgehead atoms. The van der Waals surface area contributed by atoms with Crippen molar-refractivity contribution in [3.63, 3.8) is 0 Å². The van der Waals surface area contributed by atoms with Gasteiger partial charge in [0.1, 0.15) is 28.8 Å². The van der Waals surface area contributed by atoms with Crippen molar-refractivity contribution < 1.29 is 109 Å². The number of anilines is 1. The van der Waals surface area contributed by atoms with Gasteiger partial charge in [0.25, 0.3) is 0 Å². The number of pyridine rings is 3. The first-order valence-corrected chi connectivity index (χ1v) is 30.5. The molecule has 1 aliphatic heterocycles. The first-order chi connectivity index (χ1) is 46.6. The second kappa shape index (κ2) is 39.6. The number of ether oxygens (including phenoxy) is 5. The molecule has 14 nitrogen and oxygen atoms in total. The maximum absolute atomic E-state index is 12.9. The number of methoxy groups -OCH3 is 1. The number of aromatic nitrogens is 3. The van der Waals surface area contributed by atoms with E-state index < -0.39 is 50.7 Å². The minimum absolute atomic E-state index is 0. The molecule has 1 fully saturated rings. The number of hydrogen-bond donors (Lipinski definition) is 1. The van der Waals surface area contributed by atoms with Crippen molar-refractivity contribution >= 4 is 73.5 Å². The first-order valence-electron chi connectivity index (χ1n) is 30.0. The van der Waals surface area contributed by atoms with Crippen molar-refractivity contribution in [2.45, 2.75) is 85.4 Å². The molecule has 10 rings (SSSR count). The molecule has 9 aromatic rings. The van der Waals surface area contributed by atoms with Crippen LogP contribution in [0.25, 0.3) is 33.4 Å². The van der Waals surface area contributed by atoms with Crippen molar-refractivity contribution in [1.29, 1.82) is 1.34 Å². The van der Waals surface area contributed by atoms with Gasteiger partial charge in [-0.2, -0.15) is 35.1 Å². The van der Waals surface area contributed by atoms with E-state index in [9.17, 15) is 44.7 Å². The summed E-state index contributed by atoms with van der Waals surface area (Å²) in [6, 6.07) is 44.3. The van der Waals surface area contributed by atoms with E-state index in [4.69, 9.17) is 55.9 Å². The van der Waals surface area contributed by atoms with Crippen LogP contribution in [0.5, 0.6) is 23.0 Å². The molecule has 1 aliphatic rings. The number of benzene rings is 6. The van der Waals surface area contributed by atoms with Gasteiger partial charge in [-0.25, -0.2) is 19.7 Å². The van der Waals surface area contributed by atoms with Crippen molar-refractivity contribution in [2.24, 2.45) is 5.73 Å². The van der Waals surface area contributed by atoms with E-state index in [0.29, 0.717) is 72.9 Å². The summed E-state index contributed by atoms with van der Waals surface area (Å²) in [6.07, 6.45) is 5.61. The standard InChI is InChI=1S/C22H20ClF2N3O2.C19H13ClF3NO.C16H13ClF2O4.C11H15BFNO2.C2H6.BH.U/c1-28(13-20(26)29)21-8-6-15(12-27-21)9-14-5-7-19(30-22(24)25)18(10-14)16-3-2-4-17(23)11-16;20-15-3-1-2-14(10-15)16-9-12(4-6-17(16)25-19(22)23)8-13-5-7-18(21)24-11-13;1-21-15(20)9-22-12-5-6-14(23-16(18)19)13(8-12)10-3-2-4-11(17)7-10;1-10(2)11(3,4)16-12(15-10)8-5-6-9(13)14-7-8;1-2;;/h2-8,10-12,22H,9,13H2,1H3,(H2,26,29);1-7,9-11,19H,8H2;2-8,16H,9H2,1H3;5-7H,1-4H3;1-2H3;1H;/i;;;;;1D;. The molecule has 0 saturated carbocycles. The Kier molecular flexibility index (Phi) is 32.7. The number of alkyl halides is 6.